The summed E-state index contributed by atoms with van der Waals surface area (Å²) in [4.78, 5) is 0. The lowest BCUT2D eigenvalue weighted by atomic mass is 10.1. The summed E-state index contributed by atoms with van der Waals surface area (Å²) in [5.74, 6) is 1.93. The van der Waals surface area contributed by atoms with Crippen molar-refractivity contribution in [3.05, 3.63) is 29.8 Å². The standard InChI is InChI=1S/C16H25NO/c1-4-7-13-11-15(13)17-12(2)10-14-8-5-6-9-16(14)18-3/h5-6,8-9,12-13,15,17H,4,7,10-11H2,1-3H3. The van der Waals surface area contributed by atoms with E-state index >= 15 is 0 Å². The highest BCUT2D eigenvalue weighted by Gasteiger charge is 2.36. The maximum Gasteiger partial charge on any atom is 0.122 e. The van der Waals surface area contributed by atoms with E-state index in [4.69, 9.17) is 4.74 Å². The fraction of sp³-hybridized carbons (Fsp3) is 0.625. The molecule has 2 nitrogen and oxygen atoms in total. The molecule has 1 fully saturated rings. The van der Waals surface area contributed by atoms with Crippen molar-refractivity contribution in [2.24, 2.45) is 5.92 Å². The minimum absolute atomic E-state index is 0.521. The second kappa shape index (κ2) is 6.24. The molecule has 0 saturated heterocycles. The van der Waals surface area contributed by atoms with Gasteiger partial charge in [-0.25, -0.2) is 0 Å². The first-order chi connectivity index (χ1) is 8.74. The molecule has 0 aliphatic heterocycles. The molecule has 0 amide bonds. The van der Waals surface area contributed by atoms with Gasteiger partial charge >= 0.3 is 0 Å². The molecule has 2 heteroatoms. The first-order valence-electron chi connectivity index (χ1n) is 7.12. The first-order valence-corrected chi connectivity index (χ1v) is 7.12. The van der Waals surface area contributed by atoms with Crippen LogP contribution in [0.4, 0.5) is 0 Å². The van der Waals surface area contributed by atoms with E-state index in [9.17, 15) is 0 Å². The molecule has 1 N–H and O–H groups in total. The fourth-order valence-corrected chi connectivity index (χ4v) is 2.77. The zero-order valence-electron chi connectivity index (χ0n) is 11.8. The van der Waals surface area contributed by atoms with E-state index in [1.807, 2.05) is 12.1 Å². The van der Waals surface area contributed by atoms with E-state index in [1.54, 1.807) is 7.11 Å². The average Bonchev–Trinajstić information content (AvgIpc) is 3.08. The summed E-state index contributed by atoms with van der Waals surface area (Å²) >= 11 is 0. The molecule has 100 valence electrons. The number of para-hydroxylation sites is 1. The van der Waals surface area contributed by atoms with Gasteiger partial charge in [0.15, 0.2) is 0 Å². The van der Waals surface area contributed by atoms with E-state index in [1.165, 1.54) is 24.8 Å². The van der Waals surface area contributed by atoms with Crippen molar-refractivity contribution in [1.29, 1.82) is 0 Å². The minimum Gasteiger partial charge on any atom is -0.496 e. The Bertz CT molecular complexity index is 377. The predicted octanol–water partition coefficient (Wildman–Crippen LogP) is 3.40. The molecule has 0 heterocycles. The molecule has 0 bridgehead atoms. The van der Waals surface area contributed by atoms with Crippen LogP contribution in [0.5, 0.6) is 5.75 Å². The van der Waals surface area contributed by atoms with Crippen LogP contribution in [0.1, 0.15) is 38.7 Å². The predicted molar refractivity (Wildman–Crippen MR) is 76.1 cm³/mol. The lowest BCUT2D eigenvalue weighted by Gasteiger charge is -2.16. The van der Waals surface area contributed by atoms with Crippen molar-refractivity contribution < 1.29 is 4.74 Å². The van der Waals surface area contributed by atoms with E-state index in [0.29, 0.717) is 6.04 Å². The molecule has 2 rings (SSSR count). The molecule has 1 saturated carbocycles. The van der Waals surface area contributed by atoms with Crippen LogP contribution in [0.2, 0.25) is 0 Å². The van der Waals surface area contributed by atoms with Gasteiger partial charge in [0.2, 0.25) is 0 Å². The lowest BCUT2D eigenvalue weighted by molar-refractivity contribution is 0.405. The molecule has 1 aromatic rings. The van der Waals surface area contributed by atoms with Gasteiger partial charge in [-0.2, -0.15) is 0 Å². The Balaban J connectivity index is 1.82. The molecule has 3 atom stereocenters. The summed E-state index contributed by atoms with van der Waals surface area (Å²) in [7, 11) is 1.75. The summed E-state index contributed by atoms with van der Waals surface area (Å²) < 4.78 is 5.40. The Morgan fingerprint density at radius 2 is 2.17 bits per heavy atom. The number of ether oxygens (including phenoxy) is 1. The molecule has 0 radical (unpaired) electrons. The van der Waals surface area contributed by atoms with Crippen molar-refractivity contribution in [3.8, 4) is 5.75 Å². The number of rotatable bonds is 7. The normalized spacial score (nSPS) is 23.7. The largest absolute Gasteiger partial charge is 0.496 e. The third-order valence-corrected chi connectivity index (χ3v) is 3.80. The quantitative estimate of drug-likeness (QED) is 0.797. The van der Waals surface area contributed by atoms with Gasteiger partial charge in [-0.15, -0.1) is 0 Å². The van der Waals surface area contributed by atoms with Gasteiger partial charge in [0, 0.05) is 12.1 Å². The molecule has 1 aliphatic carbocycles. The summed E-state index contributed by atoms with van der Waals surface area (Å²) in [6.45, 7) is 4.54. The van der Waals surface area contributed by atoms with E-state index in [0.717, 1.165) is 24.1 Å². The smallest absolute Gasteiger partial charge is 0.122 e. The van der Waals surface area contributed by atoms with Crippen LogP contribution in [0.3, 0.4) is 0 Å². The Morgan fingerprint density at radius 3 is 2.89 bits per heavy atom. The zero-order chi connectivity index (χ0) is 13.0. The maximum absolute atomic E-state index is 5.40. The number of benzene rings is 1. The van der Waals surface area contributed by atoms with Gasteiger partial charge in [0.05, 0.1) is 7.11 Å². The Morgan fingerprint density at radius 1 is 1.39 bits per heavy atom. The second-order valence-electron chi connectivity index (χ2n) is 5.47. The van der Waals surface area contributed by atoms with Crippen LogP contribution in [-0.4, -0.2) is 19.2 Å². The third-order valence-electron chi connectivity index (χ3n) is 3.80. The van der Waals surface area contributed by atoms with Crippen molar-refractivity contribution >= 4 is 0 Å². The van der Waals surface area contributed by atoms with Crippen molar-refractivity contribution in [1.82, 2.24) is 5.32 Å². The maximum atomic E-state index is 5.40. The molecular weight excluding hydrogens is 222 g/mol. The Hall–Kier alpha value is -1.02. The van der Waals surface area contributed by atoms with Crippen molar-refractivity contribution in [2.45, 2.75) is 51.6 Å². The summed E-state index contributed by atoms with van der Waals surface area (Å²) in [6, 6.07) is 9.59. The average molecular weight is 247 g/mol. The first kappa shape index (κ1) is 13.4. The van der Waals surface area contributed by atoms with Gasteiger partial charge in [-0.1, -0.05) is 31.5 Å². The molecule has 3 unspecified atom stereocenters. The molecule has 0 spiro atoms. The Labute approximate surface area is 111 Å². The highest BCUT2D eigenvalue weighted by molar-refractivity contribution is 5.33. The zero-order valence-corrected chi connectivity index (χ0v) is 11.8. The van der Waals surface area contributed by atoms with Gasteiger partial charge in [-0.05, 0) is 43.7 Å². The molecule has 1 aromatic carbocycles. The number of hydrogen-bond acceptors (Lipinski definition) is 2. The van der Waals surface area contributed by atoms with E-state index in [2.05, 4.69) is 31.3 Å². The molecule has 1 aliphatic rings. The monoisotopic (exact) mass is 247 g/mol. The number of hydrogen-bond donors (Lipinski definition) is 1. The number of nitrogens with one attached hydrogen (secondary N) is 1. The van der Waals surface area contributed by atoms with Crippen LogP contribution >= 0.6 is 0 Å². The summed E-state index contributed by atoms with van der Waals surface area (Å²) in [6.07, 6.45) is 5.09. The van der Waals surface area contributed by atoms with Gasteiger partial charge in [0.25, 0.3) is 0 Å². The minimum atomic E-state index is 0.521. The van der Waals surface area contributed by atoms with Gasteiger partial charge in [-0.3, -0.25) is 0 Å². The fourth-order valence-electron chi connectivity index (χ4n) is 2.77. The summed E-state index contributed by atoms with van der Waals surface area (Å²) in [5, 5.41) is 3.73. The second-order valence-corrected chi connectivity index (χ2v) is 5.47. The SMILES string of the molecule is CCCC1CC1NC(C)Cc1ccccc1OC. The third kappa shape index (κ3) is 3.49. The van der Waals surface area contributed by atoms with E-state index in [-0.39, 0.29) is 0 Å². The Kier molecular flexibility index (Phi) is 4.65. The summed E-state index contributed by atoms with van der Waals surface area (Å²) in [5.41, 5.74) is 1.30. The lowest BCUT2D eigenvalue weighted by Crippen LogP contribution is -2.31. The van der Waals surface area contributed by atoms with Crippen LogP contribution in [0, 0.1) is 5.92 Å². The number of methoxy groups -OCH3 is 1. The molecule has 0 aromatic heterocycles. The molecular formula is C16H25NO. The van der Waals surface area contributed by atoms with Crippen LogP contribution < -0.4 is 10.1 Å². The van der Waals surface area contributed by atoms with Crippen molar-refractivity contribution in [2.75, 3.05) is 7.11 Å². The molecule has 18 heavy (non-hydrogen) atoms. The van der Waals surface area contributed by atoms with Crippen LogP contribution in [0.15, 0.2) is 24.3 Å². The van der Waals surface area contributed by atoms with Crippen LogP contribution in [0.25, 0.3) is 0 Å². The van der Waals surface area contributed by atoms with Crippen molar-refractivity contribution in [3.63, 3.8) is 0 Å². The van der Waals surface area contributed by atoms with Crippen LogP contribution in [-0.2, 0) is 6.42 Å². The van der Waals surface area contributed by atoms with Gasteiger partial charge < -0.3 is 10.1 Å². The van der Waals surface area contributed by atoms with E-state index < -0.39 is 0 Å². The highest BCUT2D eigenvalue weighted by Crippen LogP contribution is 2.35. The topological polar surface area (TPSA) is 21.3 Å². The highest BCUT2D eigenvalue weighted by atomic mass is 16.5. The van der Waals surface area contributed by atoms with Gasteiger partial charge in [0.1, 0.15) is 5.75 Å².